The first kappa shape index (κ1) is 15.7. The van der Waals surface area contributed by atoms with E-state index in [1.54, 1.807) is 30.4 Å². The number of benzene rings is 1. The first-order valence-corrected chi connectivity index (χ1v) is 6.56. The van der Waals surface area contributed by atoms with E-state index in [-0.39, 0.29) is 0 Å². The maximum Gasteiger partial charge on any atom is 0.346 e. The predicted molar refractivity (Wildman–Crippen MR) is 80.2 cm³/mol. The number of carbonyl (C=O) groups is 2. The molecule has 0 saturated heterocycles. The van der Waals surface area contributed by atoms with Crippen molar-refractivity contribution in [3.05, 3.63) is 66.3 Å². The quantitative estimate of drug-likeness (QED) is 0.640. The number of rotatable bonds is 4. The van der Waals surface area contributed by atoms with Crippen LogP contribution in [0.5, 0.6) is 0 Å². The van der Waals surface area contributed by atoms with E-state index in [0.717, 1.165) is 5.56 Å². The number of allylic oxidation sites excluding steroid dienone is 4. The Labute approximate surface area is 127 Å². The van der Waals surface area contributed by atoms with Crippen LogP contribution < -0.4 is 11.8 Å². The fourth-order valence-electron chi connectivity index (χ4n) is 2.34. The lowest BCUT2D eigenvalue weighted by Gasteiger charge is -2.30. The summed E-state index contributed by atoms with van der Waals surface area (Å²) >= 11 is 0. The second-order valence-electron chi connectivity index (χ2n) is 4.72. The molecule has 0 heterocycles. The Balaban J connectivity index is 2.40. The lowest BCUT2D eigenvalue weighted by atomic mass is 9.72. The summed E-state index contributed by atoms with van der Waals surface area (Å²) < 4.78 is 0. The van der Waals surface area contributed by atoms with Crippen LogP contribution in [0.15, 0.2) is 60.7 Å². The first-order valence-electron chi connectivity index (χ1n) is 6.56. The number of carbonyl (C=O) groups excluding carboxylic acids is 2. The number of nitrogens with two attached hydrogens (primary N) is 2. The fourth-order valence-corrected chi connectivity index (χ4v) is 2.34. The molecule has 0 spiro atoms. The molecule has 114 valence electrons. The topological polar surface area (TPSA) is 105 Å². The van der Waals surface area contributed by atoms with Crippen molar-refractivity contribution in [3.63, 3.8) is 0 Å². The molecule has 1 aromatic carbocycles. The minimum absolute atomic E-state index is 0.634. The van der Waals surface area contributed by atoms with Gasteiger partial charge >= 0.3 is 11.9 Å². The summed E-state index contributed by atoms with van der Waals surface area (Å²) in [7, 11) is 0. The molecule has 0 amide bonds. The molecule has 0 bridgehead atoms. The van der Waals surface area contributed by atoms with Crippen LogP contribution in [-0.2, 0) is 19.3 Å². The molecule has 0 aromatic heterocycles. The van der Waals surface area contributed by atoms with Gasteiger partial charge in [-0.3, -0.25) is 0 Å². The Morgan fingerprint density at radius 2 is 1.68 bits per heavy atom. The summed E-state index contributed by atoms with van der Waals surface area (Å²) in [4.78, 5) is 32.7. The monoisotopic (exact) mass is 300 g/mol. The second kappa shape index (κ2) is 6.84. The summed E-state index contributed by atoms with van der Waals surface area (Å²) in [6.45, 7) is 0. The van der Waals surface area contributed by atoms with Crippen molar-refractivity contribution in [2.45, 2.75) is 0 Å². The third kappa shape index (κ3) is 2.83. The summed E-state index contributed by atoms with van der Waals surface area (Å²) in [6.07, 6.45) is 9.79. The maximum atomic E-state index is 12.1. The van der Waals surface area contributed by atoms with Gasteiger partial charge in [-0.1, -0.05) is 66.8 Å². The molecule has 1 aliphatic rings. The fraction of sp³-hybridized carbons (Fsp3) is 0.125. The van der Waals surface area contributed by atoms with Gasteiger partial charge < -0.3 is 9.68 Å². The molecule has 0 fully saturated rings. The van der Waals surface area contributed by atoms with Gasteiger partial charge in [0.1, 0.15) is 0 Å². The van der Waals surface area contributed by atoms with E-state index in [0.29, 0.717) is 0 Å². The number of hydrogen-bond donors (Lipinski definition) is 2. The van der Waals surface area contributed by atoms with Crippen LogP contribution in [0.2, 0.25) is 0 Å². The zero-order valence-corrected chi connectivity index (χ0v) is 11.7. The minimum atomic E-state index is -1.73. The molecule has 0 saturated carbocycles. The smallest absolute Gasteiger partial charge is 0.346 e. The van der Waals surface area contributed by atoms with Gasteiger partial charge in [-0.05, 0) is 5.56 Å². The molecule has 1 aliphatic carbocycles. The molecule has 1 unspecified atom stereocenters. The van der Waals surface area contributed by atoms with Crippen molar-refractivity contribution in [2.24, 2.45) is 23.1 Å². The molecule has 6 nitrogen and oxygen atoms in total. The standard InChI is InChI=1S/C16H16N2O4/c17-21-14(19)16(15(20)22-18)11-5-4-8-13(16)10-9-12-6-2-1-3-7-12/h1-11,13H,17-18H2. The largest absolute Gasteiger partial charge is 0.372 e. The highest BCUT2D eigenvalue weighted by Crippen LogP contribution is 2.37. The van der Waals surface area contributed by atoms with Gasteiger partial charge in [-0.2, -0.15) is 11.8 Å². The van der Waals surface area contributed by atoms with Gasteiger partial charge in [0.2, 0.25) is 0 Å². The molecule has 0 aliphatic heterocycles. The van der Waals surface area contributed by atoms with Gasteiger partial charge in [0, 0.05) is 5.92 Å². The maximum absolute atomic E-state index is 12.1. The molecule has 1 atom stereocenters. The zero-order chi connectivity index (χ0) is 16.0. The van der Waals surface area contributed by atoms with E-state index in [1.807, 2.05) is 30.3 Å². The SMILES string of the molecule is NOC(=O)C1(C(=O)ON)C=CC=CC1C=Cc1ccccc1. The molecule has 22 heavy (non-hydrogen) atoms. The van der Waals surface area contributed by atoms with E-state index in [2.05, 4.69) is 9.68 Å². The van der Waals surface area contributed by atoms with E-state index >= 15 is 0 Å². The van der Waals surface area contributed by atoms with Crippen molar-refractivity contribution in [1.29, 1.82) is 0 Å². The van der Waals surface area contributed by atoms with Crippen LogP contribution in [0.3, 0.4) is 0 Å². The first-order chi connectivity index (χ1) is 10.6. The third-order valence-corrected chi connectivity index (χ3v) is 3.50. The van der Waals surface area contributed by atoms with Crippen LogP contribution in [-0.4, -0.2) is 11.9 Å². The highest BCUT2D eigenvalue weighted by atomic mass is 16.7. The Hall–Kier alpha value is -2.70. The Morgan fingerprint density at radius 3 is 2.27 bits per heavy atom. The highest BCUT2D eigenvalue weighted by molar-refractivity contribution is 6.03. The molecular formula is C16H16N2O4. The Morgan fingerprint density at radius 1 is 1.05 bits per heavy atom. The molecule has 0 radical (unpaired) electrons. The van der Waals surface area contributed by atoms with Crippen LogP contribution in [0.1, 0.15) is 5.56 Å². The molecule has 2 rings (SSSR count). The van der Waals surface area contributed by atoms with Crippen molar-refractivity contribution >= 4 is 18.0 Å². The van der Waals surface area contributed by atoms with Gasteiger partial charge in [0.25, 0.3) is 0 Å². The lowest BCUT2D eigenvalue weighted by Crippen LogP contribution is -2.47. The van der Waals surface area contributed by atoms with Crippen LogP contribution in [0, 0.1) is 11.3 Å². The van der Waals surface area contributed by atoms with Crippen molar-refractivity contribution in [1.82, 2.24) is 0 Å². The zero-order valence-electron chi connectivity index (χ0n) is 11.7. The summed E-state index contributed by atoms with van der Waals surface area (Å²) in [5.74, 6) is 7.43. The average molecular weight is 300 g/mol. The van der Waals surface area contributed by atoms with Crippen LogP contribution in [0.4, 0.5) is 0 Å². The van der Waals surface area contributed by atoms with Gasteiger partial charge in [0.05, 0.1) is 0 Å². The second-order valence-corrected chi connectivity index (χ2v) is 4.72. The highest BCUT2D eigenvalue weighted by Gasteiger charge is 2.52. The predicted octanol–water partition coefficient (Wildman–Crippen LogP) is 1.26. The van der Waals surface area contributed by atoms with Crippen LogP contribution >= 0.6 is 0 Å². The summed E-state index contributed by atoms with van der Waals surface area (Å²) in [6, 6.07) is 9.44. The number of hydrogen-bond acceptors (Lipinski definition) is 6. The average Bonchev–Trinajstić information content (AvgIpc) is 2.59. The van der Waals surface area contributed by atoms with E-state index in [9.17, 15) is 9.59 Å². The van der Waals surface area contributed by atoms with E-state index in [1.165, 1.54) is 6.08 Å². The summed E-state index contributed by atoms with van der Waals surface area (Å²) in [5.41, 5.74) is -0.814. The van der Waals surface area contributed by atoms with Crippen molar-refractivity contribution < 1.29 is 19.3 Å². The van der Waals surface area contributed by atoms with Gasteiger partial charge in [0.15, 0.2) is 5.41 Å². The van der Waals surface area contributed by atoms with Gasteiger partial charge in [-0.15, -0.1) is 0 Å². The Kier molecular flexibility index (Phi) is 4.88. The third-order valence-electron chi connectivity index (χ3n) is 3.50. The summed E-state index contributed by atoms with van der Waals surface area (Å²) in [5, 5.41) is 0. The molecule has 1 aromatic rings. The van der Waals surface area contributed by atoms with Crippen molar-refractivity contribution in [2.75, 3.05) is 0 Å². The molecule has 6 heteroatoms. The Bertz CT molecular complexity index is 619. The normalized spacial score (nSPS) is 19.1. The minimum Gasteiger partial charge on any atom is -0.372 e. The van der Waals surface area contributed by atoms with Crippen LogP contribution in [0.25, 0.3) is 6.08 Å². The van der Waals surface area contributed by atoms with Crippen molar-refractivity contribution in [3.8, 4) is 0 Å². The van der Waals surface area contributed by atoms with Gasteiger partial charge in [-0.25, -0.2) is 9.59 Å². The van der Waals surface area contributed by atoms with E-state index < -0.39 is 23.3 Å². The molecular weight excluding hydrogens is 284 g/mol. The lowest BCUT2D eigenvalue weighted by molar-refractivity contribution is -0.171. The molecule has 4 N–H and O–H groups in total. The van der Waals surface area contributed by atoms with E-state index in [4.69, 9.17) is 11.8 Å².